The van der Waals surface area contributed by atoms with E-state index < -0.39 is 0 Å². The number of rotatable bonds is 7. The Hall–Kier alpha value is -1.79. The van der Waals surface area contributed by atoms with Crippen LogP contribution in [0.4, 0.5) is 4.39 Å². The zero-order valence-electron chi connectivity index (χ0n) is 11.9. The third-order valence-corrected chi connectivity index (χ3v) is 3.82. The first-order chi connectivity index (χ1) is 10.2. The van der Waals surface area contributed by atoms with Crippen molar-refractivity contribution >= 4 is 17.2 Å². The first-order valence-electron chi connectivity index (χ1n) is 6.81. The van der Waals surface area contributed by atoms with Crippen LogP contribution in [-0.4, -0.2) is 31.0 Å². The van der Waals surface area contributed by atoms with Crippen LogP contribution in [0, 0.1) is 5.82 Å². The van der Waals surface area contributed by atoms with Crippen LogP contribution in [-0.2, 0) is 6.42 Å². The van der Waals surface area contributed by atoms with Gasteiger partial charge in [0.05, 0.1) is 5.01 Å². The van der Waals surface area contributed by atoms with Crippen molar-refractivity contribution < 1.29 is 9.18 Å². The van der Waals surface area contributed by atoms with Crippen molar-refractivity contribution in [1.82, 2.24) is 15.6 Å². The summed E-state index contributed by atoms with van der Waals surface area (Å²) in [5.41, 5.74) is 0.989. The van der Waals surface area contributed by atoms with E-state index in [4.69, 9.17) is 0 Å². The van der Waals surface area contributed by atoms with Gasteiger partial charge in [-0.2, -0.15) is 0 Å². The van der Waals surface area contributed by atoms with Crippen LogP contribution >= 0.6 is 11.3 Å². The lowest BCUT2D eigenvalue weighted by molar-refractivity contribution is 0.0949. The molecule has 21 heavy (non-hydrogen) atoms. The highest BCUT2D eigenvalue weighted by Crippen LogP contribution is 2.16. The Balaban J connectivity index is 1.92. The minimum absolute atomic E-state index is 0.179. The van der Waals surface area contributed by atoms with E-state index in [9.17, 15) is 9.18 Å². The fourth-order valence-electron chi connectivity index (χ4n) is 1.86. The number of nitrogens with one attached hydrogen (secondary N) is 2. The predicted octanol–water partition coefficient (Wildman–Crippen LogP) is 2.21. The number of carbonyl (C=O) groups excluding carboxylic acids is 1. The van der Waals surface area contributed by atoms with Gasteiger partial charge in [-0.1, -0.05) is 18.2 Å². The molecule has 1 aromatic heterocycles. The number of hydrogen-bond donors (Lipinski definition) is 2. The molecule has 0 unspecified atom stereocenters. The number of amides is 1. The van der Waals surface area contributed by atoms with E-state index in [0.717, 1.165) is 18.0 Å². The van der Waals surface area contributed by atoms with Crippen LogP contribution in [0.1, 0.15) is 27.5 Å². The monoisotopic (exact) mass is 307 g/mol. The van der Waals surface area contributed by atoms with Crippen LogP contribution in [0.3, 0.4) is 0 Å². The molecule has 0 saturated heterocycles. The van der Waals surface area contributed by atoms with Crippen LogP contribution in [0.2, 0.25) is 0 Å². The highest BCUT2D eigenvalue weighted by atomic mass is 32.1. The summed E-state index contributed by atoms with van der Waals surface area (Å²) in [6.45, 7) is 1.47. The molecular formula is C15H18FN3OS. The summed E-state index contributed by atoms with van der Waals surface area (Å²) in [6.07, 6.45) is 1.28. The maximum atomic E-state index is 13.6. The van der Waals surface area contributed by atoms with E-state index in [1.165, 1.54) is 17.4 Å². The molecular weight excluding hydrogens is 289 g/mol. The standard InChI is InChI=1S/C15H18FN3OS/c1-17-7-4-8-18-15(20)13-10-21-14(19-13)9-11-5-2-3-6-12(11)16/h2-3,5-6,10,17H,4,7-9H2,1H3,(H,18,20). The molecule has 0 aliphatic carbocycles. The molecule has 0 radical (unpaired) electrons. The smallest absolute Gasteiger partial charge is 0.270 e. The quantitative estimate of drug-likeness (QED) is 0.771. The summed E-state index contributed by atoms with van der Waals surface area (Å²) in [5, 5.41) is 8.28. The normalized spacial score (nSPS) is 10.6. The fourth-order valence-corrected chi connectivity index (χ4v) is 2.66. The molecule has 2 rings (SSSR count). The van der Waals surface area contributed by atoms with Gasteiger partial charge in [0, 0.05) is 18.3 Å². The minimum Gasteiger partial charge on any atom is -0.351 e. The van der Waals surface area contributed by atoms with Gasteiger partial charge in [0.1, 0.15) is 11.5 Å². The number of halogens is 1. The van der Waals surface area contributed by atoms with Crippen molar-refractivity contribution in [3.63, 3.8) is 0 Å². The van der Waals surface area contributed by atoms with Crippen molar-refractivity contribution in [3.8, 4) is 0 Å². The Labute approximate surface area is 127 Å². The minimum atomic E-state index is -0.245. The Morgan fingerprint density at radius 2 is 2.14 bits per heavy atom. The van der Waals surface area contributed by atoms with E-state index >= 15 is 0 Å². The van der Waals surface area contributed by atoms with Crippen molar-refractivity contribution in [3.05, 3.63) is 51.7 Å². The number of hydrogen-bond acceptors (Lipinski definition) is 4. The zero-order valence-corrected chi connectivity index (χ0v) is 12.7. The molecule has 6 heteroatoms. The van der Waals surface area contributed by atoms with Crippen LogP contribution < -0.4 is 10.6 Å². The molecule has 0 spiro atoms. The van der Waals surface area contributed by atoms with Crippen LogP contribution in [0.25, 0.3) is 0 Å². The zero-order chi connectivity index (χ0) is 15.1. The molecule has 1 heterocycles. The molecule has 112 valence electrons. The van der Waals surface area contributed by atoms with Gasteiger partial charge in [-0.15, -0.1) is 11.3 Å². The number of carbonyl (C=O) groups is 1. The third kappa shape index (κ3) is 4.61. The van der Waals surface area contributed by atoms with Crippen molar-refractivity contribution in [2.75, 3.05) is 20.1 Å². The van der Waals surface area contributed by atoms with Gasteiger partial charge in [-0.05, 0) is 31.6 Å². The Kier molecular flexibility index (Phi) is 5.83. The summed E-state index contributed by atoms with van der Waals surface area (Å²) in [5.74, 6) is -0.423. The maximum Gasteiger partial charge on any atom is 0.270 e. The number of benzene rings is 1. The van der Waals surface area contributed by atoms with E-state index in [2.05, 4.69) is 15.6 Å². The van der Waals surface area contributed by atoms with Crippen LogP contribution in [0.5, 0.6) is 0 Å². The molecule has 0 saturated carbocycles. The largest absolute Gasteiger partial charge is 0.351 e. The number of nitrogens with zero attached hydrogens (tertiary/aromatic N) is 1. The van der Waals surface area contributed by atoms with Crippen molar-refractivity contribution in [2.45, 2.75) is 12.8 Å². The SMILES string of the molecule is CNCCCNC(=O)c1csc(Cc2ccccc2F)n1. The van der Waals surface area contributed by atoms with Crippen molar-refractivity contribution in [1.29, 1.82) is 0 Å². The Morgan fingerprint density at radius 3 is 2.90 bits per heavy atom. The second-order valence-electron chi connectivity index (χ2n) is 4.61. The lowest BCUT2D eigenvalue weighted by Crippen LogP contribution is -2.26. The third-order valence-electron chi connectivity index (χ3n) is 2.97. The second-order valence-corrected chi connectivity index (χ2v) is 5.55. The molecule has 2 aromatic rings. The maximum absolute atomic E-state index is 13.6. The Bertz CT molecular complexity index is 600. The van der Waals surface area contributed by atoms with Gasteiger partial charge in [0.15, 0.2) is 0 Å². The summed E-state index contributed by atoms with van der Waals surface area (Å²) in [7, 11) is 1.87. The first-order valence-corrected chi connectivity index (χ1v) is 7.69. The van der Waals surface area contributed by atoms with Gasteiger partial charge in [0.2, 0.25) is 0 Å². The predicted molar refractivity (Wildman–Crippen MR) is 82.2 cm³/mol. The molecule has 0 fully saturated rings. The highest BCUT2D eigenvalue weighted by molar-refractivity contribution is 7.09. The Morgan fingerprint density at radius 1 is 1.33 bits per heavy atom. The fraction of sp³-hybridized carbons (Fsp3) is 0.333. The van der Waals surface area contributed by atoms with Gasteiger partial charge < -0.3 is 10.6 Å². The molecule has 0 aliphatic heterocycles. The van der Waals surface area contributed by atoms with Crippen molar-refractivity contribution in [2.24, 2.45) is 0 Å². The molecule has 0 bridgehead atoms. The molecule has 2 N–H and O–H groups in total. The summed E-state index contributed by atoms with van der Waals surface area (Å²) < 4.78 is 13.6. The molecule has 0 atom stereocenters. The lowest BCUT2D eigenvalue weighted by atomic mass is 10.1. The summed E-state index contributed by atoms with van der Waals surface area (Å²) >= 11 is 1.37. The van der Waals surface area contributed by atoms with E-state index in [1.807, 2.05) is 7.05 Å². The molecule has 1 aromatic carbocycles. The molecule has 4 nitrogen and oxygen atoms in total. The molecule has 1 amide bonds. The second kappa shape index (κ2) is 7.85. The average molecular weight is 307 g/mol. The lowest BCUT2D eigenvalue weighted by Gasteiger charge is -2.02. The number of thiazole rings is 1. The van der Waals surface area contributed by atoms with E-state index in [-0.39, 0.29) is 11.7 Å². The first kappa shape index (κ1) is 15.6. The topological polar surface area (TPSA) is 54.0 Å². The number of aromatic nitrogens is 1. The average Bonchev–Trinajstić information content (AvgIpc) is 2.94. The van der Waals surface area contributed by atoms with Gasteiger partial charge in [0.25, 0.3) is 5.91 Å². The van der Waals surface area contributed by atoms with Gasteiger partial charge in [-0.3, -0.25) is 4.79 Å². The summed E-state index contributed by atoms with van der Waals surface area (Å²) in [6, 6.07) is 6.61. The van der Waals surface area contributed by atoms with E-state index in [0.29, 0.717) is 24.2 Å². The summed E-state index contributed by atoms with van der Waals surface area (Å²) in [4.78, 5) is 16.1. The van der Waals surface area contributed by atoms with Gasteiger partial charge >= 0.3 is 0 Å². The van der Waals surface area contributed by atoms with E-state index in [1.54, 1.807) is 23.6 Å². The molecule has 0 aliphatic rings. The van der Waals surface area contributed by atoms with Crippen LogP contribution in [0.15, 0.2) is 29.6 Å². The highest BCUT2D eigenvalue weighted by Gasteiger charge is 2.11. The van der Waals surface area contributed by atoms with Gasteiger partial charge in [-0.25, -0.2) is 9.37 Å².